The average molecular weight is 446 g/mol. The maximum Gasteiger partial charge on any atom is 0.255 e. The average Bonchev–Trinajstić information content (AvgIpc) is 3.19. The van der Waals surface area contributed by atoms with Crippen LogP contribution in [0.15, 0.2) is 54.7 Å². The first kappa shape index (κ1) is 21.9. The third-order valence-corrected chi connectivity index (χ3v) is 4.95. The molecular weight excluding hydrogens is 421 g/mol. The van der Waals surface area contributed by atoms with E-state index < -0.39 is 11.7 Å². The van der Waals surface area contributed by atoms with Crippen LogP contribution in [0.3, 0.4) is 0 Å². The molecule has 4 rings (SSSR count). The number of carbonyl (C=O) groups excluding carboxylic acids is 1. The molecule has 2 heterocycles. The second-order valence-corrected chi connectivity index (χ2v) is 7.89. The van der Waals surface area contributed by atoms with E-state index in [1.807, 2.05) is 13.0 Å². The summed E-state index contributed by atoms with van der Waals surface area (Å²) in [6.07, 6.45) is 1.66. The van der Waals surface area contributed by atoms with E-state index in [2.05, 4.69) is 44.4 Å². The molecule has 0 unspecified atom stereocenters. The molecule has 0 bridgehead atoms. The first-order valence-corrected chi connectivity index (χ1v) is 10.4. The number of benzene rings is 2. The molecule has 9 heteroatoms. The molecule has 0 atom stereocenters. The Kier molecular flexibility index (Phi) is 6.03. The van der Waals surface area contributed by atoms with Gasteiger partial charge in [0.05, 0.1) is 28.5 Å². The standard InChI is InChI=1S/C24H24FN7O/c1-13(2)21-22(29-14(3)28-21)19-9-10-27-24(32-19)30-17-6-4-5-15(11-17)23(33)31-20-12-16(25)7-8-18(20)26/h4-13H,26H2,1-3H3,(H,28,29)(H,31,33)(H,27,30,32). The lowest BCUT2D eigenvalue weighted by Gasteiger charge is -2.11. The van der Waals surface area contributed by atoms with E-state index in [0.29, 0.717) is 22.9 Å². The number of aryl methyl sites for hydroxylation is 1. The predicted molar refractivity (Wildman–Crippen MR) is 127 cm³/mol. The van der Waals surface area contributed by atoms with Gasteiger partial charge in [0.2, 0.25) is 5.95 Å². The molecule has 0 spiro atoms. The lowest BCUT2D eigenvalue weighted by atomic mass is 10.1. The molecule has 0 aliphatic heterocycles. The van der Waals surface area contributed by atoms with E-state index in [1.165, 1.54) is 18.2 Å². The summed E-state index contributed by atoms with van der Waals surface area (Å²) >= 11 is 0. The van der Waals surface area contributed by atoms with E-state index in [1.54, 1.807) is 30.5 Å². The maximum atomic E-state index is 13.5. The highest BCUT2D eigenvalue weighted by atomic mass is 19.1. The molecular formula is C24H24FN7O. The number of halogens is 1. The Morgan fingerprint density at radius 2 is 1.94 bits per heavy atom. The highest BCUT2D eigenvalue weighted by Crippen LogP contribution is 2.27. The van der Waals surface area contributed by atoms with Gasteiger partial charge in [-0.15, -0.1) is 0 Å². The number of aromatic amines is 1. The van der Waals surface area contributed by atoms with Crippen LogP contribution < -0.4 is 16.4 Å². The number of nitrogen functional groups attached to an aromatic ring is 1. The van der Waals surface area contributed by atoms with E-state index in [0.717, 1.165) is 17.2 Å². The van der Waals surface area contributed by atoms with Gasteiger partial charge in [0, 0.05) is 17.4 Å². The number of H-pyrrole nitrogens is 1. The highest BCUT2D eigenvalue weighted by molar-refractivity contribution is 6.06. The number of imidazole rings is 1. The van der Waals surface area contributed by atoms with Crippen LogP contribution in [-0.2, 0) is 0 Å². The van der Waals surface area contributed by atoms with E-state index in [9.17, 15) is 9.18 Å². The number of nitrogens with zero attached hydrogens (tertiary/aromatic N) is 3. The van der Waals surface area contributed by atoms with Crippen molar-refractivity contribution in [3.8, 4) is 11.4 Å². The molecule has 0 aliphatic carbocycles. The number of aromatic nitrogens is 4. The van der Waals surface area contributed by atoms with Crippen molar-refractivity contribution in [1.82, 2.24) is 19.9 Å². The van der Waals surface area contributed by atoms with Crippen molar-refractivity contribution in [3.05, 3.63) is 77.6 Å². The zero-order valence-electron chi connectivity index (χ0n) is 18.5. The molecule has 1 amide bonds. The fourth-order valence-corrected chi connectivity index (χ4v) is 3.38. The van der Waals surface area contributed by atoms with Gasteiger partial charge in [0.1, 0.15) is 11.6 Å². The van der Waals surface area contributed by atoms with Gasteiger partial charge in [0.25, 0.3) is 5.91 Å². The van der Waals surface area contributed by atoms with Crippen LogP contribution >= 0.6 is 0 Å². The monoisotopic (exact) mass is 445 g/mol. The fourth-order valence-electron chi connectivity index (χ4n) is 3.38. The summed E-state index contributed by atoms with van der Waals surface area (Å²) in [7, 11) is 0. The van der Waals surface area contributed by atoms with Crippen molar-refractivity contribution < 1.29 is 9.18 Å². The van der Waals surface area contributed by atoms with E-state index >= 15 is 0 Å². The van der Waals surface area contributed by atoms with Gasteiger partial charge in [-0.25, -0.2) is 19.3 Å². The van der Waals surface area contributed by atoms with Crippen molar-refractivity contribution in [2.75, 3.05) is 16.4 Å². The SMILES string of the molecule is Cc1nc(C(C)C)c(-c2ccnc(Nc3cccc(C(=O)Nc4cc(F)ccc4N)c3)n2)[nH]1. The first-order valence-electron chi connectivity index (χ1n) is 10.4. The number of nitrogens with two attached hydrogens (primary N) is 1. The topological polar surface area (TPSA) is 122 Å². The first-order chi connectivity index (χ1) is 15.8. The summed E-state index contributed by atoms with van der Waals surface area (Å²) in [5, 5.41) is 5.76. The summed E-state index contributed by atoms with van der Waals surface area (Å²) in [5.41, 5.74) is 9.81. The summed E-state index contributed by atoms with van der Waals surface area (Å²) < 4.78 is 13.5. The molecule has 33 heavy (non-hydrogen) atoms. The van der Waals surface area contributed by atoms with Crippen LogP contribution in [0.2, 0.25) is 0 Å². The Hall–Kier alpha value is -4.27. The van der Waals surface area contributed by atoms with Crippen molar-refractivity contribution >= 4 is 28.9 Å². The summed E-state index contributed by atoms with van der Waals surface area (Å²) in [6, 6.07) is 12.5. The smallest absolute Gasteiger partial charge is 0.255 e. The fraction of sp³-hybridized carbons (Fsp3) is 0.167. The van der Waals surface area contributed by atoms with Gasteiger partial charge in [-0.2, -0.15) is 0 Å². The Morgan fingerprint density at radius 3 is 2.73 bits per heavy atom. The van der Waals surface area contributed by atoms with Crippen LogP contribution in [0.1, 0.15) is 41.6 Å². The van der Waals surface area contributed by atoms with Gasteiger partial charge in [-0.05, 0) is 55.3 Å². The normalized spacial score (nSPS) is 10.9. The molecule has 5 N–H and O–H groups in total. The minimum Gasteiger partial charge on any atom is -0.397 e. The second kappa shape index (κ2) is 9.07. The number of anilines is 4. The van der Waals surface area contributed by atoms with Crippen LogP contribution in [0.5, 0.6) is 0 Å². The van der Waals surface area contributed by atoms with Gasteiger partial charge >= 0.3 is 0 Å². The van der Waals surface area contributed by atoms with Gasteiger partial charge < -0.3 is 21.4 Å². The predicted octanol–water partition coefficient (Wildman–Crippen LogP) is 5.02. The minimum absolute atomic E-state index is 0.213. The summed E-state index contributed by atoms with van der Waals surface area (Å²) in [4.78, 5) is 29.4. The molecule has 0 aliphatic rings. The Morgan fingerprint density at radius 1 is 1.12 bits per heavy atom. The number of amides is 1. The molecule has 4 aromatic rings. The molecule has 168 valence electrons. The number of nitrogens with one attached hydrogen (secondary N) is 3. The Labute approximate surface area is 190 Å². The quantitative estimate of drug-likeness (QED) is 0.309. The lowest BCUT2D eigenvalue weighted by molar-refractivity contribution is 0.102. The lowest BCUT2D eigenvalue weighted by Crippen LogP contribution is -2.13. The third kappa shape index (κ3) is 4.98. The zero-order chi connectivity index (χ0) is 23.5. The van der Waals surface area contributed by atoms with Gasteiger partial charge in [0.15, 0.2) is 0 Å². The van der Waals surface area contributed by atoms with Crippen LogP contribution in [-0.4, -0.2) is 25.8 Å². The molecule has 8 nitrogen and oxygen atoms in total. The molecule has 0 saturated heterocycles. The maximum absolute atomic E-state index is 13.5. The molecule has 0 saturated carbocycles. The summed E-state index contributed by atoms with van der Waals surface area (Å²) in [6.45, 7) is 6.06. The second-order valence-electron chi connectivity index (χ2n) is 7.89. The van der Waals surface area contributed by atoms with Crippen LogP contribution in [0.4, 0.5) is 27.4 Å². The van der Waals surface area contributed by atoms with Crippen molar-refractivity contribution in [2.45, 2.75) is 26.7 Å². The van der Waals surface area contributed by atoms with Gasteiger partial charge in [-0.1, -0.05) is 19.9 Å². The number of hydrogen-bond acceptors (Lipinski definition) is 6. The largest absolute Gasteiger partial charge is 0.397 e. The minimum atomic E-state index is -0.486. The van der Waals surface area contributed by atoms with Crippen molar-refractivity contribution in [2.24, 2.45) is 0 Å². The molecule has 0 radical (unpaired) electrons. The van der Waals surface area contributed by atoms with E-state index in [4.69, 9.17) is 5.73 Å². The summed E-state index contributed by atoms with van der Waals surface area (Å²) in [5.74, 6) is 0.527. The Balaban J connectivity index is 1.55. The number of carbonyl (C=O) groups is 1. The third-order valence-electron chi connectivity index (χ3n) is 4.95. The molecule has 0 fully saturated rings. The highest BCUT2D eigenvalue weighted by Gasteiger charge is 2.16. The number of rotatable bonds is 6. The van der Waals surface area contributed by atoms with Crippen molar-refractivity contribution in [1.29, 1.82) is 0 Å². The van der Waals surface area contributed by atoms with Crippen LogP contribution in [0.25, 0.3) is 11.4 Å². The molecule has 2 aromatic carbocycles. The zero-order valence-corrected chi connectivity index (χ0v) is 18.5. The Bertz CT molecular complexity index is 1320. The van der Waals surface area contributed by atoms with E-state index in [-0.39, 0.29) is 17.3 Å². The number of hydrogen-bond donors (Lipinski definition) is 4. The van der Waals surface area contributed by atoms with Gasteiger partial charge in [-0.3, -0.25) is 4.79 Å². The molecule has 2 aromatic heterocycles. The van der Waals surface area contributed by atoms with Crippen molar-refractivity contribution in [3.63, 3.8) is 0 Å². The van der Waals surface area contributed by atoms with Crippen LogP contribution in [0, 0.1) is 12.7 Å².